The molecule has 1 saturated heterocycles. The van der Waals surface area contributed by atoms with Crippen LogP contribution in [0.3, 0.4) is 0 Å². The van der Waals surface area contributed by atoms with E-state index in [1.165, 1.54) is 5.56 Å². The predicted molar refractivity (Wildman–Crippen MR) is 121 cm³/mol. The summed E-state index contributed by atoms with van der Waals surface area (Å²) in [6.07, 6.45) is 4.67. The maximum Gasteiger partial charge on any atom is 0.227 e. The molecule has 0 aliphatic carbocycles. The first-order valence-corrected chi connectivity index (χ1v) is 10.8. The monoisotopic (exact) mass is 436 g/mol. The van der Waals surface area contributed by atoms with Crippen molar-refractivity contribution in [3.63, 3.8) is 0 Å². The summed E-state index contributed by atoms with van der Waals surface area (Å²) in [6, 6.07) is 14.8. The summed E-state index contributed by atoms with van der Waals surface area (Å²) in [5.74, 6) is 0.0915. The molecule has 31 heavy (non-hydrogen) atoms. The van der Waals surface area contributed by atoms with Crippen molar-refractivity contribution in [3.05, 3.63) is 82.9 Å². The van der Waals surface area contributed by atoms with Crippen molar-refractivity contribution < 1.29 is 9.59 Å². The molecule has 6 nitrogen and oxygen atoms in total. The Bertz CT molecular complexity index is 1080. The van der Waals surface area contributed by atoms with E-state index in [2.05, 4.69) is 17.2 Å². The standard InChI is InChI=1S/C24H25ClN4O2/c1-3-16-4-10-20(11-5-16)29-15-18(14-21(29)30)24(31)27-22(23-26-12-13-28(23)2)17-6-8-19(25)9-7-17/h4-13,18,22H,3,14-15H2,1-2H3,(H,27,31). The fourth-order valence-corrected chi connectivity index (χ4v) is 4.04. The molecule has 1 aromatic heterocycles. The van der Waals surface area contributed by atoms with Crippen LogP contribution in [0.15, 0.2) is 60.9 Å². The quantitative estimate of drug-likeness (QED) is 0.637. The highest BCUT2D eigenvalue weighted by molar-refractivity contribution is 6.30. The van der Waals surface area contributed by atoms with Crippen molar-refractivity contribution in [1.29, 1.82) is 0 Å². The molecule has 3 aromatic rings. The van der Waals surface area contributed by atoms with Gasteiger partial charge in [0.05, 0.1) is 5.92 Å². The van der Waals surface area contributed by atoms with Crippen LogP contribution in [0.4, 0.5) is 5.69 Å². The van der Waals surface area contributed by atoms with E-state index >= 15 is 0 Å². The van der Waals surface area contributed by atoms with Gasteiger partial charge < -0.3 is 14.8 Å². The Hall–Kier alpha value is -3.12. The van der Waals surface area contributed by atoms with Gasteiger partial charge in [0.1, 0.15) is 11.9 Å². The Morgan fingerprint density at radius 1 is 1.19 bits per heavy atom. The minimum absolute atomic E-state index is 0.0376. The van der Waals surface area contributed by atoms with Crippen molar-refractivity contribution in [3.8, 4) is 0 Å². The Morgan fingerprint density at radius 2 is 1.90 bits per heavy atom. The average molecular weight is 437 g/mol. The van der Waals surface area contributed by atoms with E-state index in [1.54, 1.807) is 23.2 Å². The zero-order chi connectivity index (χ0) is 22.0. The molecule has 0 radical (unpaired) electrons. The van der Waals surface area contributed by atoms with Crippen LogP contribution in [0.2, 0.25) is 5.02 Å². The third-order valence-electron chi connectivity index (χ3n) is 5.76. The minimum atomic E-state index is -0.433. The number of hydrogen-bond acceptors (Lipinski definition) is 3. The highest BCUT2D eigenvalue weighted by atomic mass is 35.5. The molecule has 0 saturated carbocycles. The fraction of sp³-hybridized carbons (Fsp3) is 0.292. The van der Waals surface area contributed by atoms with Crippen LogP contribution in [0.25, 0.3) is 0 Å². The number of rotatable bonds is 6. The van der Waals surface area contributed by atoms with Crippen molar-refractivity contribution >= 4 is 29.1 Å². The van der Waals surface area contributed by atoms with Gasteiger partial charge in [-0.25, -0.2) is 4.98 Å². The normalized spacial score (nSPS) is 17.1. The number of benzene rings is 2. The van der Waals surface area contributed by atoms with Gasteiger partial charge in [0.15, 0.2) is 0 Å². The Kier molecular flexibility index (Phi) is 6.09. The maximum absolute atomic E-state index is 13.2. The molecule has 1 aliphatic rings. The topological polar surface area (TPSA) is 67.2 Å². The Balaban J connectivity index is 1.53. The molecule has 2 unspecified atom stereocenters. The van der Waals surface area contributed by atoms with E-state index in [0.717, 1.165) is 17.7 Å². The molecule has 2 heterocycles. The number of carbonyl (C=O) groups excluding carboxylic acids is 2. The van der Waals surface area contributed by atoms with Crippen LogP contribution in [0.1, 0.15) is 36.3 Å². The van der Waals surface area contributed by atoms with Gasteiger partial charge in [-0.15, -0.1) is 0 Å². The predicted octanol–water partition coefficient (Wildman–Crippen LogP) is 3.89. The fourth-order valence-electron chi connectivity index (χ4n) is 3.91. The molecule has 0 bridgehead atoms. The molecule has 2 amide bonds. The van der Waals surface area contributed by atoms with E-state index in [0.29, 0.717) is 17.4 Å². The SMILES string of the molecule is CCc1ccc(N2CC(C(=O)NC(c3ccc(Cl)cc3)c3nccn3C)CC2=O)cc1. The third-order valence-corrected chi connectivity index (χ3v) is 6.01. The van der Waals surface area contributed by atoms with Crippen LogP contribution < -0.4 is 10.2 Å². The van der Waals surface area contributed by atoms with Crippen molar-refractivity contribution in [1.82, 2.24) is 14.9 Å². The number of anilines is 1. The van der Waals surface area contributed by atoms with Crippen LogP contribution in [-0.4, -0.2) is 27.9 Å². The summed E-state index contributed by atoms with van der Waals surface area (Å²) >= 11 is 6.04. The number of aryl methyl sites for hydroxylation is 2. The van der Waals surface area contributed by atoms with E-state index in [9.17, 15) is 9.59 Å². The van der Waals surface area contributed by atoms with Gasteiger partial charge in [0.2, 0.25) is 11.8 Å². The molecule has 2 aromatic carbocycles. The lowest BCUT2D eigenvalue weighted by molar-refractivity contribution is -0.126. The summed E-state index contributed by atoms with van der Waals surface area (Å²) < 4.78 is 1.88. The number of amides is 2. The van der Waals surface area contributed by atoms with Crippen LogP contribution in [0.5, 0.6) is 0 Å². The van der Waals surface area contributed by atoms with Gasteiger partial charge in [-0.1, -0.05) is 42.8 Å². The summed E-state index contributed by atoms with van der Waals surface area (Å²) in [5, 5.41) is 3.73. The first kappa shape index (κ1) is 21.1. The number of halogens is 1. The lowest BCUT2D eigenvalue weighted by atomic mass is 10.0. The molecule has 0 spiro atoms. The first-order chi connectivity index (χ1) is 15.0. The van der Waals surface area contributed by atoms with Crippen LogP contribution in [-0.2, 0) is 23.1 Å². The van der Waals surface area contributed by atoms with E-state index in [4.69, 9.17) is 11.6 Å². The number of hydrogen-bond donors (Lipinski definition) is 1. The van der Waals surface area contributed by atoms with E-state index in [-0.39, 0.29) is 18.2 Å². The molecule has 4 rings (SSSR count). The third kappa shape index (κ3) is 4.49. The largest absolute Gasteiger partial charge is 0.342 e. The summed E-state index contributed by atoms with van der Waals surface area (Å²) in [6.45, 7) is 2.46. The minimum Gasteiger partial charge on any atom is -0.342 e. The van der Waals surface area contributed by atoms with Crippen molar-refractivity contribution in [2.45, 2.75) is 25.8 Å². The lowest BCUT2D eigenvalue weighted by Gasteiger charge is -2.22. The highest BCUT2D eigenvalue weighted by Crippen LogP contribution is 2.28. The van der Waals surface area contributed by atoms with Gasteiger partial charge in [-0.2, -0.15) is 0 Å². The van der Waals surface area contributed by atoms with Gasteiger partial charge in [0.25, 0.3) is 0 Å². The van der Waals surface area contributed by atoms with E-state index < -0.39 is 12.0 Å². The molecule has 7 heteroatoms. The lowest BCUT2D eigenvalue weighted by Crippen LogP contribution is -2.37. The summed E-state index contributed by atoms with van der Waals surface area (Å²) in [4.78, 5) is 31.9. The van der Waals surface area contributed by atoms with Crippen LogP contribution >= 0.6 is 11.6 Å². The zero-order valence-electron chi connectivity index (χ0n) is 17.6. The molecule has 160 valence electrons. The second-order valence-electron chi connectivity index (χ2n) is 7.81. The number of nitrogens with one attached hydrogen (secondary N) is 1. The molecule has 1 aliphatic heterocycles. The van der Waals surface area contributed by atoms with Gasteiger partial charge in [0, 0.05) is 43.1 Å². The van der Waals surface area contributed by atoms with Crippen molar-refractivity contribution in [2.75, 3.05) is 11.4 Å². The Labute approximate surface area is 186 Å². The molecule has 2 atom stereocenters. The van der Waals surface area contributed by atoms with Gasteiger partial charge in [-0.05, 0) is 41.8 Å². The van der Waals surface area contributed by atoms with Gasteiger partial charge in [-0.3, -0.25) is 9.59 Å². The van der Waals surface area contributed by atoms with Crippen molar-refractivity contribution in [2.24, 2.45) is 13.0 Å². The molecule has 1 N–H and O–H groups in total. The second-order valence-corrected chi connectivity index (χ2v) is 8.25. The van der Waals surface area contributed by atoms with Crippen LogP contribution in [0, 0.1) is 5.92 Å². The summed E-state index contributed by atoms with van der Waals surface area (Å²) in [7, 11) is 1.89. The second kappa shape index (κ2) is 8.94. The number of nitrogens with zero attached hydrogens (tertiary/aromatic N) is 3. The average Bonchev–Trinajstić information content (AvgIpc) is 3.38. The van der Waals surface area contributed by atoms with Gasteiger partial charge >= 0.3 is 0 Å². The first-order valence-electron chi connectivity index (χ1n) is 10.4. The number of aromatic nitrogens is 2. The number of carbonyl (C=O) groups is 2. The molecular weight excluding hydrogens is 412 g/mol. The maximum atomic E-state index is 13.2. The molecule has 1 fully saturated rings. The number of imidazole rings is 1. The summed E-state index contributed by atoms with van der Waals surface area (Å²) in [5.41, 5.74) is 2.92. The Morgan fingerprint density at radius 3 is 2.52 bits per heavy atom. The zero-order valence-corrected chi connectivity index (χ0v) is 18.3. The molecular formula is C24H25ClN4O2. The van der Waals surface area contributed by atoms with E-state index in [1.807, 2.05) is 54.2 Å². The highest BCUT2D eigenvalue weighted by Gasteiger charge is 2.36. The smallest absolute Gasteiger partial charge is 0.227 e.